The first-order chi connectivity index (χ1) is 9.04. The highest BCUT2D eigenvalue weighted by Crippen LogP contribution is 2.34. The van der Waals surface area contributed by atoms with E-state index < -0.39 is 0 Å². The van der Waals surface area contributed by atoms with Crippen molar-refractivity contribution >= 4 is 11.6 Å². The predicted octanol–water partition coefficient (Wildman–Crippen LogP) is 1.94. The maximum atomic E-state index is 12.3. The molecule has 1 aromatic carbocycles. The van der Waals surface area contributed by atoms with Crippen LogP contribution in [0.3, 0.4) is 0 Å². The van der Waals surface area contributed by atoms with Gasteiger partial charge in [0, 0.05) is 11.3 Å². The quantitative estimate of drug-likeness (QED) is 0.799. The molecule has 2 fully saturated rings. The van der Waals surface area contributed by atoms with Crippen LogP contribution in [0.1, 0.15) is 40.7 Å². The van der Waals surface area contributed by atoms with Crippen molar-refractivity contribution < 1.29 is 9.53 Å². The van der Waals surface area contributed by atoms with Gasteiger partial charge in [-0.05, 0) is 50.3 Å². The lowest BCUT2D eigenvalue weighted by Crippen LogP contribution is -2.41. The zero-order valence-corrected chi connectivity index (χ0v) is 11.4. The first-order valence-electron chi connectivity index (χ1n) is 6.87. The van der Waals surface area contributed by atoms with Gasteiger partial charge in [0.2, 0.25) is 0 Å². The Labute approximate surface area is 113 Å². The van der Waals surface area contributed by atoms with Crippen LogP contribution < -0.4 is 11.1 Å². The molecular weight excluding hydrogens is 240 g/mol. The standard InChI is InChI=1S/C15H20N2O2/c1-8-5-9(2)12(16)7-11(8)15(18)17-13-6-10-3-4-14(13)19-10/h5,7,10,13-14H,3-4,6,16H2,1-2H3,(H,17,18). The number of aryl methyl sites for hydroxylation is 2. The highest BCUT2D eigenvalue weighted by molar-refractivity contribution is 5.97. The highest BCUT2D eigenvalue weighted by atomic mass is 16.5. The van der Waals surface area contributed by atoms with Crippen molar-refractivity contribution in [2.45, 2.75) is 51.4 Å². The zero-order valence-electron chi connectivity index (χ0n) is 11.4. The van der Waals surface area contributed by atoms with Crippen molar-refractivity contribution in [2.24, 2.45) is 0 Å². The Kier molecular flexibility index (Phi) is 2.97. The monoisotopic (exact) mass is 260 g/mol. The van der Waals surface area contributed by atoms with Crippen LogP contribution in [0, 0.1) is 13.8 Å². The van der Waals surface area contributed by atoms with Gasteiger partial charge in [-0.1, -0.05) is 6.07 Å². The van der Waals surface area contributed by atoms with Crippen LogP contribution >= 0.6 is 0 Å². The summed E-state index contributed by atoms with van der Waals surface area (Å²) in [6.45, 7) is 3.90. The lowest BCUT2D eigenvalue weighted by atomic mass is 9.95. The summed E-state index contributed by atoms with van der Waals surface area (Å²) in [7, 11) is 0. The van der Waals surface area contributed by atoms with Gasteiger partial charge in [-0.2, -0.15) is 0 Å². The van der Waals surface area contributed by atoms with Crippen molar-refractivity contribution in [3.05, 3.63) is 28.8 Å². The van der Waals surface area contributed by atoms with Gasteiger partial charge >= 0.3 is 0 Å². The summed E-state index contributed by atoms with van der Waals surface area (Å²) in [5.74, 6) is -0.0367. The minimum absolute atomic E-state index is 0.0367. The molecule has 19 heavy (non-hydrogen) atoms. The number of benzene rings is 1. The van der Waals surface area contributed by atoms with Gasteiger partial charge in [-0.25, -0.2) is 0 Å². The molecule has 3 unspecified atom stereocenters. The van der Waals surface area contributed by atoms with Crippen LogP contribution in [0.25, 0.3) is 0 Å². The van der Waals surface area contributed by atoms with E-state index in [9.17, 15) is 4.79 Å². The Balaban J connectivity index is 1.75. The number of nitrogens with two attached hydrogens (primary N) is 1. The van der Waals surface area contributed by atoms with Crippen molar-refractivity contribution in [1.82, 2.24) is 5.32 Å². The summed E-state index contributed by atoms with van der Waals surface area (Å²) in [5.41, 5.74) is 9.21. The van der Waals surface area contributed by atoms with Crippen LogP contribution in [-0.2, 0) is 4.74 Å². The van der Waals surface area contributed by atoms with E-state index in [4.69, 9.17) is 10.5 Å². The predicted molar refractivity (Wildman–Crippen MR) is 74.1 cm³/mol. The number of carbonyl (C=O) groups excluding carboxylic acids is 1. The van der Waals surface area contributed by atoms with E-state index in [0.29, 0.717) is 17.4 Å². The van der Waals surface area contributed by atoms with Crippen LogP contribution in [0.15, 0.2) is 12.1 Å². The summed E-state index contributed by atoms with van der Waals surface area (Å²) in [5, 5.41) is 3.09. The zero-order chi connectivity index (χ0) is 13.6. The van der Waals surface area contributed by atoms with E-state index in [1.807, 2.05) is 19.9 Å². The van der Waals surface area contributed by atoms with Crippen LogP contribution in [0.4, 0.5) is 5.69 Å². The van der Waals surface area contributed by atoms with Crippen LogP contribution in [0.2, 0.25) is 0 Å². The van der Waals surface area contributed by atoms with Crippen LogP contribution in [0.5, 0.6) is 0 Å². The first kappa shape index (κ1) is 12.5. The molecule has 0 radical (unpaired) electrons. The summed E-state index contributed by atoms with van der Waals surface area (Å²) < 4.78 is 5.76. The van der Waals surface area contributed by atoms with Crippen molar-refractivity contribution in [3.8, 4) is 0 Å². The molecule has 4 nitrogen and oxygen atoms in total. The van der Waals surface area contributed by atoms with E-state index in [-0.39, 0.29) is 18.1 Å². The summed E-state index contributed by atoms with van der Waals surface area (Å²) in [6.07, 6.45) is 3.69. The number of hydrogen-bond acceptors (Lipinski definition) is 3. The highest BCUT2D eigenvalue weighted by Gasteiger charge is 2.41. The Morgan fingerprint density at radius 1 is 1.32 bits per heavy atom. The average molecular weight is 260 g/mol. The number of anilines is 1. The molecule has 3 rings (SSSR count). The molecule has 2 bridgehead atoms. The van der Waals surface area contributed by atoms with E-state index >= 15 is 0 Å². The third-order valence-electron chi connectivity index (χ3n) is 4.28. The molecule has 3 atom stereocenters. The second kappa shape index (κ2) is 4.53. The van der Waals surface area contributed by atoms with Crippen molar-refractivity contribution in [3.63, 3.8) is 0 Å². The maximum Gasteiger partial charge on any atom is 0.251 e. The number of fused-ring (bicyclic) bond motifs is 2. The fourth-order valence-corrected chi connectivity index (χ4v) is 3.15. The number of nitrogen functional groups attached to an aromatic ring is 1. The molecule has 2 aliphatic heterocycles. The molecule has 2 aliphatic rings. The number of carbonyl (C=O) groups is 1. The van der Waals surface area contributed by atoms with Gasteiger partial charge < -0.3 is 15.8 Å². The summed E-state index contributed by atoms with van der Waals surface area (Å²) in [4.78, 5) is 12.3. The molecule has 102 valence electrons. The van der Waals surface area contributed by atoms with Gasteiger partial charge in [-0.15, -0.1) is 0 Å². The molecule has 0 saturated carbocycles. The van der Waals surface area contributed by atoms with E-state index in [2.05, 4.69) is 5.32 Å². The number of ether oxygens (including phenoxy) is 1. The molecule has 3 N–H and O–H groups in total. The minimum atomic E-state index is -0.0367. The lowest BCUT2D eigenvalue weighted by Gasteiger charge is -2.20. The molecule has 1 amide bonds. The topological polar surface area (TPSA) is 64.3 Å². The third kappa shape index (κ3) is 2.21. The summed E-state index contributed by atoms with van der Waals surface area (Å²) in [6, 6.07) is 3.89. The Morgan fingerprint density at radius 3 is 2.74 bits per heavy atom. The van der Waals surface area contributed by atoms with Gasteiger partial charge in [-0.3, -0.25) is 4.79 Å². The molecule has 0 aromatic heterocycles. The second-order valence-corrected chi connectivity index (χ2v) is 5.71. The summed E-state index contributed by atoms with van der Waals surface area (Å²) >= 11 is 0. The normalized spacial score (nSPS) is 28.6. The number of nitrogens with one attached hydrogen (secondary N) is 1. The van der Waals surface area contributed by atoms with E-state index in [0.717, 1.165) is 30.4 Å². The molecule has 0 spiro atoms. The maximum absolute atomic E-state index is 12.3. The first-order valence-corrected chi connectivity index (χ1v) is 6.87. The molecule has 1 aromatic rings. The molecular formula is C15H20N2O2. The Hall–Kier alpha value is -1.55. The number of amides is 1. The molecule has 0 aliphatic carbocycles. The minimum Gasteiger partial charge on any atom is -0.398 e. The van der Waals surface area contributed by atoms with Crippen molar-refractivity contribution in [2.75, 3.05) is 5.73 Å². The van der Waals surface area contributed by atoms with Crippen molar-refractivity contribution in [1.29, 1.82) is 0 Å². The lowest BCUT2D eigenvalue weighted by molar-refractivity contribution is 0.0840. The third-order valence-corrected chi connectivity index (χ3v) is 4.28. The Bertz CT molecular complexity index is 527. The molecule has 2 heterocycles. The number of hydrogen-bond donors (Lipinski definition) is 2. The van der Waals surface area contributed by atoms with Gasteiger partial charge in [0.1, 0.15) is 0 Å². The van der Waals surface area contributed by atoms with Crippen LogP contribution in [-0.4, -0.2) is 24.2 Å². The Morgan fingerprint density at radius 2 is 2.11 bits per heavy atom. The molecule has 4 heteroatoms. The largest absolute Gasteiger partial charge is 0.398 e. The van der Waals surface area contributed by atoms with Gasteiger partial charge in [0.05, 0.1) is 18.2 Å². The fraction of sp³-hybridized carbons (Fsp3) is 0.533. The smallest absolute Gasteiger partial charge is 0.251 e. The SMILES string of the molecule is Cc1cc(C)c(C(=O)NC2CC3CCC2O3)cc1N. The van der Waals surface area contributed by atoms with E-state index in [1.54, 1.807) is 6.07 Å². The van der Waals surface area contributed by atoms with E-state index in [1.165, 1.54) is 0 Å². The molecule has 2 saturated heterocycles. The average Bonchev–Trinajstić information content (AvgIpc) is 2.95. The van der Waals surface area contributed by atoms with Gasteiger partial charge in [0.15, 0.2) is 0 Å². The number of rotatable bonds is 2. The van der Waals surface area contributed by atoms with Gasteiger partial charge in [0.25, 0.3) is 5.91 Å². The second-order valence-electron chi connectivity index (χ2n) is 5.71. The fourth-order valence-electron chi connectivity index (χ4n) is 3.15.